The van der Waals surface area contributed by atoms with Crippen LogP contribution in [0.2, 0.25) is 0 Å². The molecule has 0 aliphatic carbocycles. The lowest BCUT2D eigenvalue weighted by Crippen LogP contribution is -2.35. The smallest absolute Gasteiger partial charge is 0.410 e. The number of aryl methyl sites for hydroxylation is 1. The second-order valence-corrected chi connectivity index (χ2v) is 9.11. The summed E-state index contributed by atoms with van der Waals surface area (Å²) in [6, 6.07) is 7.66. The number of carbonyl (C=O) groups excluding carboxylic acids is 1. The normalized spacial score (nSPS) is 17.4. The standard InChI is InChI=1S/C23H22F3N5O2S/c1-4-15-12(2)34-22(16(15)11-27)29-21(32)18-10-20-28-17(13-5-7-14(33-3)8-6-13)9-19(23(24,25)26)31(20)30-18/h5-8,10,17,19,28H,4,9H2,1-3H3,(H,29,32)/t17-,19-/m0/s1. The molecule has 34 heavy (non-hydrogen) atoms. The number of fused-ring (bicyclic) bond motifs is 1. The van der Waals surface area contributed by atoms with E-state index in [0.717, 1.165) is 15.1 Å². The molecule has 11 heteroatoms. The molecule has 0 fully saturated rings. The van der Waals surface area contributed by atoms with Crippen LogP contribution in [0.1, 0.15) is 57.5 Å². The molecule has 2 N–H and O–H groups in total. The number of thiophene rings is 1. The van der Waals surface area contributed by atoms with Gasteiger partial charge in [-0.1, -0.05) is 19.1 Å². The van der Waals surface area contributed by atoms with Crippen LogP contribution in [0.25, 0.3) is 0 Å². The number of methoxy groups -OCH3 is 1. The van der Waals surface area contributed by atoms with Gasteiger partial charge in [0.2, 0.25) is 0 Å². The molecule has 0 radical (unpaired) electrons. The number of amides is 1. The molecule has 1 aliphatic heterocycles. The van der Waals surface area contributed by atoms with E-state index in [1.165, 1.54) is 24.5 Å². The van der Waals surface area contributed by atoms with Crippen LogP contribution in [-0.2, 0) is 6.42 Å². The highest BCUT2D eigenvalue weighted by Gasteiger charge is 2.46. The molecular formula is C23H22F3N5O2S. The maximum Gasteiger partial charge on any atom is 0.410 e. The predicted octanol–water partition coefficient (Wildman–Crippen LogP) is 5.61. The molecule has 3 heterocycles. The summed E-state index contributed by atoms with van der Waals surface area (Å²) in [4.78, 5) is 13.8. The number of carbonyl (C=O) groups is 1. The monoisotopic (exact) mass is 489 g/mol. The second kappa shape index (κ2) is 9.02. The fourth-order valence-corrected chi connectivity index (χ4v) is 5.21. The van der Waals surface area contributed by atoms with Crippen LogP contribution >= 0.6 is 11.3 Å². The Morgan fingerprint density at radius 3 is 2.68 bits per heavy atom. The zero-order chi connectivity index (χ0) is 24.6. The van der Waals surface area contributed by atoms with Crippen LogP contribution in [0.4, 0.5) is 24.0 Å². The van der Waals surface area contributed by atoms with Crippen LogP contribution in [0.15, 0.2) is 30.3 Å². The average molecular weight is 490 g/mol. The van der Waals surface area contributed by atoms with Crippen molar-refractivity contribution < 1.29 is 22.7 Å². The Balaban J connectivity index is 1.64. The first-order valence-electron chi connectivity index (χ1n) is 10.6. The second-order valence-electron chi connectivity index (χ2n) is 7.88. The quantitative estimate of drug-likeness (QED) is 0.486. The molecule has 2 atom stereocenters. The van der Waals surface area contributed by atoms with Crippen molar-refractivity contribution in [3.8, 4) is 11.8 Å². The molecule has 178 valence electrons. The molecule has 0 bridgehead atoms. The Kier molecular flexibility index (Phi) is 6.27. The minimum absolute atomic E-state index is 0.0941. The van der Waals surface area contributed by atoms with Crippen LogP contribution < -0.4 is 15.4 Å². The number of halogens is 3. The van der Waals surface area contributed by atoms with Gasteiger partial charge in [0, 0.05) is 17.4 Å². The van der Waals surface area contributed by atoms with Crippen molar-refractivity contribution in [3.63, 3.8) is 0 Å². The molecule has 0 saturated heterocycles. The van der Waals surface area contributed by atoms with Gasteiger partial charge in [0.15, 0.2) is 11.7 Å². The Morgan fingerprint density at radius 2 is 2.09 bits per heavy atom. The molecule has 0 unspecified atom stereocenters. The highest BCUT2D eigenvalue weighted by Crippen LogP contribution is 2.44. The van der Waals surface area contributed by atoms with Crippen LogP contribution in [0, 0.1) is 18.3 Å². The first-order chi connectivity index (χ1) is 16.2. The molecule has 0 saturated carbocycles. The first-order valence-corrected chi connectivity index (χ1v) is 11.4. The lowest BCUT2D eigenvalue weighted by molar-refractivity contribution is -0.173. The van der Waals surface area contributed by atoms with Crippen molar-refractivity contribution in [3.05, 3.63) is 57.6 Å². The van der Waals surface area contributed by atoms with E-state index in [1.54, 1.807) is 24.3 Å². The summed E-state index contributed by atoms with van der Waals surface area (Å²) in [7, 11) is 1.51. The maximum absolute atomic E-state index is 13.9. The number of nitrogens with one attached hydrogen (secondary N) is 2. The van der Waals surface area contributed by atoms with E-state index in [4.69, 9.17) is 4.74 Å². The Labute approximate surface area is 198 Å². The van der Waals surface area contributed by atoms with Gasteiger partial charge in [-0.05, 0) is 36.6 Å². The van der Waals surface area contributed by atoms with Crippen molar-refractivity contribution in [2.24, 2.45) is 0 Å². The summed E-state index contributed by atoms with van der Waals surface area (Å²) in [6.45, 7) is 3.76. The van der Waals surface area contributed by atoms with E-state index in [1.807, 2.05) is 13.8 Å². The molecule has 1 aliphatic rings. The van der Waals surface area contributed by atoms with Gasteiger partial charge >= 0.3 is 6.18 Å². The number of nitrogens with zero attached hydrogens (tertiary/aromatic N) is 3. The van der Waals surface area contributed by atoms with Gasteiger partial charge in [-0.15, -0.1) is 11.3 Å². The number of rotatable bonds is 5. The van der Waals surface area contributed by atoms with Crippen LogP contribution in [-0.4, -0.2) is 29.0 Å². The molecule has 4 rings (SSSR count). The predicted molar refractivity (Wildman–Crippen MR) is 122 cm³/mol. The topological polar surface area (TPSA) is 92.0 Å². The summed E-state index contributed by atoms with van der Waals surface area (Å²) < 4.78 is 47.7. The molecule has 1 amide bonds. The highest BCUT2D eigenvalue weighted by molar-refractivity contribution is 7.16. The zero-order valence-corrected chi connectivity index (χ0v) is 19.5. The lowest BCUT2D eigenvalue weighted by Gasteiger charge is -2.33. The van der Waals surface area contributed by atoms with Gasteiger partial charge < -0.3 is 15.4 Å². The number of benzene rings is 1. The maximum atomic E-state index is 13.9. The van der Waals surface area contributed by atoms with Crippen molar-refractivity contribution in [1.29, 1.82) is 5.26 Å². The van der Waals surface area contributed by atoms with Gasteiger partial charge in [-0.3, -0.25) is 4.79 Å². The largest absolute Gasteiger partial charge is 0.497 e. The summed E-state index contributed by atoms with van der Waals surface area (Å²) in [6.07, 6.45) is -4.21. The number of nitriles is 1. The number of hydrogen-bond acceptors (Lipinski definition) is 6. The van der Waals surface area contributed by atoms with E-state index in [9.17, 15) is 23.2 Å². The molecule has 1 aromatic carbocycles. The van der Waals surface area contributed by atoms with Crippen LogP contribution in [0.3, 0.4) is 0 Å². The minimum Gasteiger partial charge on any atom is -0.497 e. The van der Waals surface area contributed by atoms with E-state index in [0.29, 0.717) is 28.3 Å². The van der Waals surface area contributed by atoms with Gasteiger partial charge in [0.05, 0.1) is 18.7 Å². The lowest BCUT2D eigenvalue weighted by atomic mass is 9.97. The van der Waals surface area contributed by atoms with E-state index in [2.05, 4.69) is 21.8 Å². The van der Waals surface area contributed by atoms with Crippen molar-refractivity contribution in [2.45, 2.75) is 44.9 Å². The third kappa shape index (κ3) is 4.33. The number of hydrogen-bond donors (Lipinski definition) is 2. The van der Waals surface area contributed by atoms with Gasteiger partial charge in [-0.25, -0.2) is 4.68 Å². The minimum atomic E-state index is -4.56. The summed E-state index contributed by atoms with van der Waals surface area (Å²) in [5, 5.41) is 19.6. The summed E-state index contributed by atoms with van der Waals surface area (Å²) >= 11 is 1.26. The first kappa shape index (κ1) is 23.6. The van der Waals surface area contributed by atoms with E-state index in [-0.39, 0.29) is 17.9 Å². The van der Waals surface area contributed by atoms with Gasteiger partial charge in [0.1, 0.15) is 22.6 Å². The van der Waals surface area contributed by atoms with Gasteiger partial charge in [-0.2, -0.15) is 23.5 Å². The van der Waals surface area contributed by atoms with Crippen molar-refractivity contribution in [1.82, 2.24) is 9.78 Å². The average Bonchev–Trinajstić information content (AvgIpc) is 3.37. The number of anilines is 2. The Morgan fingerprint density at radius 1 is 1.38 bits per heavy atom. The van der Waals surface area contributed by atoms with Crippen LogP contribution in [0.5, 0.6) is 5.75 Å². The van der Waals surface area contributed by atoms with E-state index >= 15 is 0 Å². The molecule has 3 aromatic rings. The SMILES string of the molecule is CCc1c(C)sc(NC(=O)c2cc3n(n2)[C@H](C(F)(F)F)C[C@@H](c2ccc(OC)cc2)N3)c1C#N. The molecule has 7 nitrogen and oxygen atoms in total. The zero-order valence-electron chi connectivity index (χ0n) is 18.7. The van der Waals surface area contributed by atoms with Crippen molar-refractivity contribution >= 4 is 28.1 Å². The fourth-order valence-electron chi connectivity index (χ4n) is 4.12. The number of aromatic nitrogens is 2. The number of ether oxygens (including phenoxy) is 1. The third-order valence-electron chi connectivity index (χ3n) is 5.84. The summed E-state index contributed by atoms with van der Waals surface area (Å²) in [5.41, 5.74) is 1.70. The molecule has 0 spiro atoms. The summed E-state index contributed by atoms with van der Waals surface area (Å²) in [5.74, 6) is 0.0189. The van der Waals surface area contributed by atoms with E-state index < -0.39 is 24.2 Å². The van der Waals surface area contributed by atoms with Gasteiger partial charge in [0.25, 0.3) is 5.91 Å². The molecule has 2 aromatic heterocycles. The molecular weight excluding hydrogens is 467 g/mol. The highest BCUT2D eigenvalue weighted by atomic mass is 32.1. The Hall–Kier alpha value is -3.52. The number of alkyl halides is 3. The Bertz CT molecular complexity index is 1260. The third-order valence-corrected chi connectivity index (χ3v) is 6.90. The van der Waals surface area contributed by atoms with Crippen molar-refractivity contribution in [2.75, 3.05) is 17.7 Å². The fraction of sp³-hybridized carbons (Fsp3) is 0.348.